The van der Waals surface area contributed by atoms with Gasteiger partial charge in [-0.2, -0.15) is 4.98 Å². The lowest BCUT2D eigenvalue weighted by Gasteiger charge is -2.31. The first-order chi connectivity index (χ1) is 15.0. The number of amides is 2. The molecule has 1 N–H and O–H groups in total. The second-order valence-corrected chi connectivity index (χ2v) is 8.36. The lowest BCUT2D eigenvalue weighted by atomic mass is 9.97. The molecule has 1 saturated heterocycles. The molecular weight excluding hydrogens is 460 g/mol. The fraction of sp³-hybridized carbons (Fsp3) is 0.304. The van der Waals surface area contributed by atoms with Gasteiger partial charge in [0.05, 0.1) is 11.5 Å². The molecule has 2 aromatic carbocycles. The number of rotatable bonds is 5. The Bertz CT molecular complexity index is 1100. The van der Waals surface area contributed by atoms with Crippen LogP contribution in [0.15, 0.2) is 57.5 Å². The van der Waals surface area contributed by atoms with Gasteiger partial charge in [-0.1, -0.05) is 36.3 Å². The molecule has 1 aliphatic heterocycles. The van der Waals surface area contributed by atoms with Crippen LogP contribution in [0, 0.1) is 0 Å². The number of carbonyl (C=O) groups excluding carboxylic acids is 2. The van der Waals surface area contributed by atoms with E-state index in [0.29, 0.717) is 42.5 Å². The first kappa shape index (κ1) is 21.2. The Morgan fingerprint density at radius 1 is 1.23 bits per heavy atom. The molecule has 0 aliphatic carbocycles. The molecule has 0 radical (unpaired) electrons. The van der Waals surface area contributed by atoms with Gasteiger partial charge < -0.3 is 14.7 Å². The lowest BCUT2D eigenvalue weighted by Crippen LogP contribution is -2.39. The second-order valence-electron chi connectivity index (χ2n) is 7.51. The molecule has 2 heterocycles. The molecule has 4 rings (SSSR count). The minimum absolute atomic E-state index is 0.00344. The number of carbonyl (C=O) groups is 2. The summed E-state index contributed by atoms with van der Waals surface area (Å²) in [6, 6.07) is 14.8. The Morgan fingerprint density at radius 2 is 2.06 bits per heavy atom. The Hall–Kier alpha value is -3.00. The van der Waals surface area contributed by atoms with Crippen molar-refractivity contribution >= 4 is 33.4 Å². The summed E-state index contributed by atoms with van der Waals surface area (Å²) < 4.78 is 6.35. The van der Waals surface area contributed by atoms with Gasteiger partial charge in [0.2, 0.25) is 17.6 Å². The van der Waals surface area contributed by atoms with Gasteiger partial charge in [0.1, 0.15) is 0 Å². The minimum atomic E-state index is -0.0528. The van der Waals surface area contributed by atoms with Crippen LogP contribution in [0.3, 0.4) is 0 Å². The summed E-state index contributed by atoms with van der Waals surface area (Å²) in [4.78, 5) is 31.1. The van der Waals surface area contributed by atoms with E-state index in [-0.39, 0.29) is 17.7 Å². The molecular formula is C23H23BrN4O3. The number of aromatic nitrogens is 2. The molecule has 1 aliphatic rings. The first-order valence-corrected chi connectivity index (χ1v) is 11.1. The predicted molar refractivity (Wildman–Crippen MR) is 121 cm³/mol. The highest BCUT2D eigenvalue weighted by Crippen LogP contribution is 2.30. The highest BCUT2D eigenvalue weighted by atomic mass is 79.9. The van der Waals surface area contributed by atoms with E-state index in [4.69, 9.17) is 4.52 Å². The van der Waals surface area contributed by atoms with Crippen LogP contribution in [0.2, 0.25) is 0 Å². The Labute approximate surface area is 189 Å². The Kier molecular flexibility index (Phi) is 6.46. The molecule has 0 spiro atoms. The molecule has 8 heteroatoms. The van der Waals surface area contributed by atoms with Gasteiger partial charge in [-0.05, 0) is 53.0 Å². The van der Waals surface area contributed by atoms with Crippen molar-refractivity contribution in [3.8, 4) is 11.4 Å². The van der Waals surface area contributed by atoms with Gasteiger partial charge in [-0.3, -0.25) is 9.59 Å². The molecule has 31 heavy (non-hydrogen) atoms. The van der Waals surface area contributed by atoms with Crippen molar-refractivity contribution in [1.29, 1.82) is 0 Å². The number of hydrogen-bond acceptors (Lipinski definition) is 5. The van der Waals surface area contributed by atoms with E-state index >= 15 is 0 Å². The zero-order valence-electron chi connectivity index (χ0n) is 17.2. The first-order valence-electron chi connectivity index (χ1n) is 10.3. The lowest BCUT2D eigenvalue weighted by molar-refractivity contribution is -0.115. The summed E-state index contributed by atoms with van der Waals surface area (Å²) in [5.74, 6) is 0.933. The third-order valence-electron chi connectivity index (χ3n) is 5.33. The molecule has 0 unspecified atom stereocenters. The Balaban J connectivity index is 1.49. The molecule has 1 aromatic heterocycles. The SMILES string of the molecule is CCC(=O)Nc1cccc(-c2noc([C@H]3CCCN(C(=O)c4ccccc4Br)C3)n2)c1. The van der Waals surface area contributed by atoms with Crippen molar-refractivity contribution in [3.05, 3.63) is 64.5 Å². The zero-order chi connectivity index (χ0) is 21.8. The van der Waals surface area contributed by atoms with Crippen LogP contribution in [0.5, 0.6) is 0 Å². The topological polar surface area (TPSA) is 88.3 Å². The third kappa shape index (κ3) is 4.85. The third-order valence-corrected chi connectivity index (χ3v) is 6.02. The van der Waals surface area contributed by atoms with E-state index in [1.165, 1.54) is 0 Å². The van der Waals surface area contributed by atoms with E-state index in [1.807, 2.05) is 53.4 Å². The van der Waals surface area contributed by atoms with Crippen LogP contribution >= 0.6 is 15.9 Å². The second kappa shape index (κ2) is 9.43. The average molecular weight is 483 g/mol. The fourth-order valence-corrected chi connectivity index (χ4v) is 4.13. The number of anilines is 1. The van der Waals surface area contributed by atoms with E-state index in [2.05, 4.69) is 31.4 Å². The normalized spacial score (nSPS) is 16.2. The maximum absolute atomic E-state index is 13.0. The standard InChI is InChI=1S/C23H23BrN4O3/c1-2-20(29)25-17-9-5-7-15(13-17)21-26-22(31-27-21)16-8-6-12-28(14-16)23(30)18-10-3-4-11-19(18)24/h3-5,7,9-11,13,16H,2,6,8,12,14H2,1H3,(H,25,29)/t16-/m0/s1. The molecule has 2 amide bonds. The minimum Gasteiger partial charge on any atom is -0.339 e. The average Bonchev–Trinajstić information content (AvgIpc) is 3.30. The summed E-state index contributed by atoms with van der Waals surface area (Å²) >= 11 is 3.46. The largest absolute Gasteiger partial charge is 0.339 e. The highest BCUT2D eigenvalue weighted by molar-refractivity contribution is 9.10. The summed E-state index contributed by atoms with van der Waals surface area (Å²) in [5.41, 5.74) is 2.11. The van der Waals surface area contributed by atoms with Crippen LogP contribution in [0.1, 0.15) is 48.4 Å². The predicted octanol–water partition coefficient (Wildman–Crippen LogP) is 4.87. The van der Waals surface area contributed by atoms with Gasteiger partial charge in [0.25, 0.3) is 5.91 Å². The van der Waals surface area contributed by atoms with Crippen LogP contribution < -0.4 is 5.32 Å². The number of benzene rings is 2. The van der Waals surface area contributed by atoms with Crippen molar-refractivity contribution in [2.24, 2.45) is 0 Å². The molecule has 0 saturated carbocycles. The van der Waals surface area contributed by atoms with Crippen molar-refractivity contribution < 1.29 is 14.1 Å². The number of hydrogen-bond donors (Lipinski definition) is 1. The maximum Gasteiger partial charge on any atom is 0.255 e. The number of nitrogens with one attached hydrogen (secondary N) is 1. The van der Waals surface area contributed by atoms with E-state index in [9.17, 15) is 9.59 Å². The zero-order valence-corrected chi connectivity index (χ0v) is 18.8. The van der Waals surface area contributed by atoms with Crippen LogP contribution in [0.4, 0.5) is 5.69 Å². The highest BCUT2D eigenvalue weighted by Gasteiger charge is 2.29. The molecule has 160 valence electrons. The smallest absolute Gasteiger partial charge is 0.255 e. The molecule has 0 bridgehead atoms. The quantitative estimate of drug-likeness (QED) is 0.560. The van der Waals surface area contributed by atoms with Crippen molar-refractivity contribution in [2.75, 3.05) is 18.4 Å². The summed E-state index contributed by atoms with van der Waals surface area (Å²) in [5, 5.41) is 6.97. The number of piperidine rings is 1. The van der Waals surface area contributed by atoms with Crippen molar-refractivity contribution in [2.45, 2.75) is 32.1 Å². The fourth-order valence-electron chi connectivity index (χ4n) is 3.67. The van der Waals surface area contributed by atoms with Crippen LogP contribution in [-0.4, -0.2) is 39.9 Å². The molecule has 7 nitrogen and oxygen atoms in total. The van der Waals surface area contributed by atoms with Gasteiger partial charge in [-0.15, -0.1) is 0 Å². The van der Waals surface area contributed by atoms with Crippen molar-refractivity contribution in [1.82, 2.24) is 15.0 Å². The van der Waals surface area contributed by atoms with Gasteiger partial charge >= 0.3 is 0 Å². The van der Waals surface area contributed by atoms with Crippen LogP contribution in [0.25, 0.3) is 11.4 Å². The van der Waals surface area contributed by atoms with Crippen molar-refractivity contribution in [3.63, 3.8) is 0 Å². The van der Waals surface area contributed by atoms with Crippen LogP contribution in [-0.2, 0) is 4.79 Å². The van der Waals surface area contributed by atoms with E-state index in [1.54, 1.807) is 6.92 Å². The maximum atomic E-state index is 13.0. The Morgan fingerprint density at radius 3 is 2.87 bits per heavy atom. The molecule has 1 atom stereocenters. The van der Waals surface area contributed by atoms with Gasteiger partial charge in [-0.25, -0.2) is 0 Å². The molecule has 1 fully saturated rings. The number of halogens is 1. The van der Waals surface area contributed by atoms with Gasteiger partial charge in [0.15, 0.2) is 0 Å². The van der Waals surface area contributed by atoms with Gasteiger partial charge in [0, 0.05) is 35.2 Å². The van der Waals surface area contributed by atoms with E-state index < -0.39 is 0 Å². The number of nitrogens with zero attached hydrogens (tertiary/aromatic N) is 3. The monoisotopic (exact) mass is 482 g/mol. The van der Waals surface area contributed by atoms with E-state index in [0.717, 1.165) is 22.9 Å². The summed E-state index contributed by atoms with van der Waals surface area (Å²) in [6.07, 6.45) is 2.16. The summed E-state index contributed by atoms with van der Waals surface area (Å²) in [6.45, 7) is 3.05. The summed E-state index contributed by atoms with van der Waals surface area (Å²) in [7, 11) is 0. The molecule has 3 aromatic rings. The number of likely N-dealkylation sites (tertiary alicyclic amines) is 1.